The van der Waals surface area contributed by atoms with E-state index in [1.165, 1.54) is 17.8 Å². The van der Waals surface area contributed by atoms with Crippen LogP contribution >= 0.6 is 11.3 Å². The third-order valence-corrected chi connectivity index (χ3v) is 6.07. The highest BCUT2D eigenvalue weighted by molar-refractivity contribution is 7.13. The van der Waals surface area contributed by atoms with Gasteiger partial charge in [-0.25, -0.2) is 4.98 Å². The number of aromatic nitrogens is 1. The van der Waals surface area contributed by atoms with Crippen LogP contribution in [0.2, 0.25) is 0 Å². The molecule has 0 radical (unpaired) electrons. The lowest BCUT2D eigenvalue weighted by Gasteiger charge is -2.30. The number of carbonyl (C=O) groups is 3. The van der Waals surface area contributed by atoms with E-state index in [0.717, 1.165) is 38.5 Å². The Kier molecular flexibility index (Phi) is 7.64. The van der Waals surface area contributed by atoms with Crippen molar-refractivity contribution in [3.63, 3.8) is 0 Å². The van der Waals surface area contributed by atoms with E-state index in [1.807, 2.05) is 0 Å². The Morgan fingerprint density at radius 1 is 1.14 bits per heavy atom. The Labute approximate surface area is 176 Å². The number of thiazole rings is 1. The molecule has 1 heterocycles. The summed E-state index contributed by atoms with van der Waals surface area (Å²) in [6.07, 6.45) is 7.56. The Hall–Kier alpha value is -1.96. The van der Waals surface area contributed by atoms with E-state index in [1.54, 1.807) is 10.3 Å². The second kappa shape index (κ2) is 10.2. The normalized spacial score (nSPS) is 17.2. The minimum atomic E-state index is -0.238. The third kappa shape index (κ3) is 7.10. The molecule has 0 bridgehead atoms. The third-order valence-electron chi connectivity index (χ3n) is 5.27. The smallest absolute Gasteiger partial charge is 0.245 e. The van der Waals surface area contributed by atoms with E-state index in [9.17, 15) is 14.4 Å². The molecule has 7 nitrogen and oxygen atoms in total. The van der Waals surface area contributed by atoms with Gasteiger partial charge in [-0.15, -0.1) is 11.3 Å². The molecule has 29 heavy (non-hydrogen) atoms. The van der Waals surface area contributed by atoms with Crippen molar-refractivity contribution in [3.05, 3.63) is 11.1 Å². The summed E-state index contributed by atoms with van der Waals surface area (Å²) in [4.78, 5) is 43.4. The molecule has 0 saturated heterocycles. The molecule has 2 fully saturated rings. The molecule has 0 atom stereocenters. The van der Waals surface area contributed by atoms with Gasteiger partial charge in [0.1, 0.15) is 0 Å². The molecule has 3 amide bonds. The molecule has 0 aliphatic heterocycles. The Bertz CT molecular complexity index is 723. The van der Waals surface area contributed by atoms with E-state index in [0.29, 0.717) is 29.3 Å². The fourth-order valence-electron chi connectivity index (χ4n) is 3.73. The molecule has 1 aromatic heterocycles. The average Bonchev–Trinajstić information content (AvgIpc) is 3.38. The van der Waals surface area contributed by atoms with Gasteiger partial charge in [-0.1, -0.05) is 33.1 Å². The first kappa shape index (κ1) is 21.7. The Morgan fingerprint density at radius 3 is 2.52 bits per heavy atom. The van der Waals surface area contributed by atoms with Crippen molar-refractivity contribution in [3.8, 4) is 0 Å². The first-order chi connectivity index (χ1) is 13.9. The zero-order valence-corrected chi connectivity index (χ0v) is 18.2. The van der Waals surface area contributed by atoms with Crippen LogP contribution in [0, 0.1) is 11.8 Å². The number of nitrogens with zero attached hydrogens (tertiary/aromatic N) is 2. The number of rotatable bonds is 9. The summed E-state index contributed by atoms with van der Waals surface area (Å²) in [6, 6.07) is 0.328. The highest BCUT2D eigenvalue weighted by atomic mass is 32.1. The maximum absolute atomic E-state index is 12.9. The van der Waals surface area contributed by atoms with E-state index < -0.39 is 0 Å². The van der Waals surface area contributed by atoms with Gasteiger partial charge in [0.25, 0.3) is 0 Å². The first-order valence-corrected chi connectivity index (χ1v) is 11.6. The van der Waals surface area contributed by atoms with Crippen LogP contribution in [0.1, 0.15) is 64.5 Å². The standard InChI is InChI=1S/C21H32N4O3S/c1-14(2)11-25(20(28)15-6-4-3-5-7-15)12-19(27)24-21-23-17(13-29-21)10-18(26)22-16-8-9-16/h13-16H,3-12H2,1-2H3,(H,22,26)(H,23,24,27). The van der Waals surface area contributed by atoms with Gasteiger partial charge in [0.2, 0.25) is 17.7 Å². The summed E-state index contributed by atoms with van der Waals surface area (Å²) < 4.78 is 0. The number of carbonyl (C=O) groups excluding carboxylic acids is 3. The van der Waals surface area contributed by atoms with Crippen molar-refractivity contribution >= 4 is 34.2 Å². The molecule has 0 spiro atoms. The van der Waals surface area contributed by atoms with Crippen LogP contribution in [0.25, 0.3) is 0 Å². The predicted octanol–water partition coefficient (Wildman–Crippen LogP) is 2.97. The highest BCUT2D eigenvalue weighted by Crippen LogP contribution is 2.26. The molecule has 3 rings (SSSR count). The Balaban J connectivity index is 1.52. The van der Waals surface area contributed by atoms with E-state index in [2.05, 4.69) is 29.5 Å². The van der Waals surface area contributed by atoms with Gasteiger partial charge in [0.05, 0.1) is 18.7 Å². The summed E-state index contributed by atoms with van der Waals surface area (Å²) in [5, 5.41) is 7.99. The second-order valence-corrected chi connectivity index (χ2v) is 9.52. The van der Waals surface area contributed by atoms with Gasteiger partial charge in [0.15, 0.2) is 5.13 Å². The number of hydrogen-bond donors (Lipinski definition) is 2. The second-order valence-electron chi connectivity index (χ2n) is 8.66. The summed E-state index contributed by atoms with van der Waals surface area (Å²) in [5.74, 6) is 0.179. The lowest BCUT2D eigenvalue weighted by molar-refractivity contribution is -0.139. The molecule has 2 aliphatic rings. The van der Waals surface area contributed by atoms with Crippen LogP contribution in [0.5, 0.6) is 0 Å². The van der Waals surface area contributed by atoms with Crippen molar-refractivity contribution in [1.82, 2.24) is 15.2 Å². The lowest BCUT2D eigenvalue weighted by atomic mass is 9.88. The molecule has 0 unspecified atom stereocenters. The van der Waals surface area contributed by atoms with E-state index >= 15 is 0 Å². The van der Waals surface area contributed by atoms with Gasteiger partial charge < -0.3 is 15.5 Å². The van der Waals surface area contributed by atoms with Crippen LogP contribution in [0.15, 0.2) is 5.38 Å². The van der Waals surface area contributed by atoms with E-state index in [4.69, 9.17) is 0 Å². The molecule has 0 aromatic carbocycles. The molecule has 2 N–H and O–H groups in total. The zero-order chi connectivity index (χ0) is 20.8. The quantitative estimate of drug-likeness (QED) is 0.642. The van der Waals surface area contributed by atoms with Crippen LogP contribution in [0.3, 0.4) is 0 Å². The molecule has 1 aromatic rings. The van der Waals surface area contributed by atoms with Crippen molar-refractivity contribution in [1.29, 1.82) is 0 Å². The summed E-state index contributed by atoms with van der Waals surface area (Å²) in [5.41, 5.74) is 0.653. The number of amides is 3. The fraction of sp³-hybridized carbons (Fsp3) is 0.714. The van der Waals surface area contributed by atoms with Crippen molar-refractivity contribution in [2.75, 3.05) is 18.4 Å². The molecule has 2 saturated carbocycles. The number of nitrogens with one attached hydrogen (secondary N) is 2. The topological polar surface area (TPSA) is 91.4 Å². The number of hydrogen-bond acceptors (Lipinski definition) is 5. The van der Waals surface area contributed by atoms with Gasteiger partial charge in [-0.2, -0.15) is 0 Å². The van der Waals surface area contributed by atoms with Crippen LogP contribution in [0.4, 0.5) is 5.13 Å². The first-order valence-electron chi connectivity index (χ1n) is 10.7. The molecule has 8 heteroatoms. The van der Waals surface area contributed by atoms with E-state index in [-0.39, 0.29) is 36.6 Å². The van der Waals surface area contributed by atoms with Gasteiger partial charge in [-0.05, 0) is 31.6 Å². The monoisotopic (exact) mass is 420 g/mol. The molecular weight excluding hydrogens is 388 g/mol. The largest absolute Gasteiger partial charge is 0.353 e. The maximum Gasteiger partial charge on any atom is 0.245 e. The minimum absolute atomic E-state index is 0.0307. The SMILES string of the molecule is CC(C)CN(CC(=O)Nc1nc(CC(=O)NC2CC2)cs1)C(=O)C1CCCCC1. The average molecular weight is 421 g/mol. The maximum atomic E-state index is 12.9. The summed E-state index contributed by atoms with van der Waals surface area (Å²) in [7, 11) is 0. The van der Waals surface area contributed by atoms with Crippen molar-refractivity contribution in [2.45, 2.75) is 71.3 Å². The number of anilines is 1. The van der Waals surface area contributed by atoms with Crippen LogP contribution < -0.4 is 10.6 Å². The molecule has 2 aliphatic carbocycles. The van der Waals surface area contributed by atoms with Gasteiger partial charge in [-0.3, -0.25) is 14.4 Å². The molecule has 160 valence electrons. The van der Waals surface area contributed by atoms with Gasteiger partial charge in [0, 0.05) is 23.9 Å². The van der Waals surface area contributed by atoms with Crippen LogP contribution in [-0.4, -0.2) is 46.7 Å². The summed E-state index contributed by atoms with van der Waals surface area (Å²) in [6.45, 7) is 4.73. The Morgan fingerprint density at radius 2 is 1.86 bits per heavy atom. The van der Waals surface area contributed by atoms with Crippen molar-refractivity contribution in [2.24, 2.45) is 11.8 Å². The summed E-state index contributed by atoms with van der Waals surface area (Å²) >= 11 is 1.31. The van der Waals surface area contributed by atoms with Crippen molar-refractivity contribution < 1.29 is 14.4 Å². The van der Waals surface area contributed by atoms with Crippen LogP contribution in [-0.2, 0) is 20.8 Å². The lowest BCUT2D eigenvalue weighted by Crippen LogP contribution is -2.43. The molecular formula is C21H32N4O3S. The zero-order valence-electron chi connectivity index (χ0n) is 17.4. The highest BCUT2D eigenvalue weighted by Gasteiger charge is 2.28. The minimum Gasteiger partial charge on any atom is -0.353 e. The predicted molar refractivity (Wildman–Crippen MR) is 114 cm³/mol. The fourth-order valence-corrected chi connectivity index (χ4v) is 4.46. The van der Waals surface area contributed by atoms with Gasteiger partial charge >= 0.3 is 0 Å².